The second-order valence-corrected chi connectivity index (χ2v) is 4.45. The average Bonchev–Trinajstić information content (AvgIpc) is 2.84. The number of hydrogen-bond acceptors (Lipinski definition) is 5. The standard InChI is InChI=1S/C13H27NO4/c1-14-12-4-3-5-13(12)18-11-10-17-9-8-16-7-6-15-2/h12-14H,3-11H2,1-2H3. The Bertz CT molecular complexity index is 192. The van der Waals surface area contributed by atoms with Gasteiger partial charge in [-0.15, -0.1) is 0 Å². The Kier molecular flexibility index (Phi) is 9.42. The van der Waals surface area contributed by atoms with Crippen LogP contribution in [0.25, 0.3) is 0 Å². The Balaban J connectivity index is 1.83. The first-order valence-corrected chi connectivity index (χ1v) is 6.81. The van der Waals surface area contributed by atoms with Crippen molar-refractivity contribution in [2.75, 3.05) is 53.8 Å². The Labute approximate surface area is 110 Å². The van der Waals surface area contributed by atoms with Gasteiger partial charge in [-0.2, -0.15) is 0 Å². The van der Waals surface area contributed by atoms with Crippen molar-refractivity contribution in [1.82, 2.24) is 5.32 Å². The summed E-state index contributed by atoms with van der Waals surface area (Å²) in [6.45, 7) is 3.80. The van der Waals surface area contributed by atoms with Crippen molar-refractivity contribution in [3.63, 3.8) is 0 Å². The Morgan fingerprint density at radius 1 is 0.944 bits per heavy atom. The van der Waals surface area contributed by atoms with E-state index in [9.17, 15) is 0 Å². The van der Waals surface area contributed by atoms with Crippen molar-refractivity contribution in [3.8, 4) is 0 Å². The van der Waals surface area contributed by atoms with E-state index in [-0.39, 0.29) is 0 Å². The van der Waals surface area contributed by atoms with Gasteiger partial charge in [0.25, 0.3) is 0 Å². The van der Waals surface area contributed by atoms with Crippen LogP contribution in [-0.2, 0) is 18.9 Å². The summed E-state index contributed by atoms with van der Waals surface area (Å²) in [7, 11) is 3.67. The lowest BCUT2D eigenvalue weighted by Crippen LogP contribution is -2.35. The van der Waals surface area contributed by atoms with Crippen molar-refractivity contribution >= 4 is 0 Å². The molecule has 0 aromatic rings. The summed E-state index contributed by atoms with van der Waals surface area (Å²) in [6, 6.07) is 0.516. The predicted molar refractivity (Wildman–Crippen MR) is 70.0 cm³/mol. The zero-order valence-electron chi connectivity index (χ0n) is 11.7. The predicted octanol–water partition coefficient (Wildman–Crippen LogP) is 0.823. The maximum absolute atomic E-state index is 5.80. The van der Waals surface area contributed by atoms with Crippen LogP contribution in [-0.4, -0.2) is 65.9 Å². The first-order chi connectivity index (χ1) is 8.88. The van der Waals surface area contributed by atoms with Gasteiger partial charge >= 0.3 is 0 Å². The first-order valence-electron chi connectivity index (χ1n) is 6.81. The summed E-state index contributed by atoms with van der Waals surface area (Å²) in [5.41, 5.74) is 0. The lowest BCUT2D eigenvalue weighted by Gasteiger charge is -2.19. The van der Waals surface area contributed by atoms with Crippen LogP contribution in [0.1, 0.15) is 19.3 Å². The lowest BCUT2D eigenvalue weighted by molar-refractivity contribution is -0.0200. The van der Waals surface area contributed by atoms with Crippen molar-refractivity contribution < 1.29 is 18.9 Å². The van der Waals surface area contributed by atoms with E-state index >= 15 is 0 Å². The molecule has 0 heterocycles. The topological polar surface area (TPSA) is 49.0 Å². The summed E-state index contributed by atoms with van der Waals surface area (Å²) >= 11 is 0. The fourth-order valence-corrected chi connectivity index (χ4v) is 2.18. The number of likely N-dealkylation sites (N-methyl/N-ethyl adjacent to an activating group) is 1. The maximum Gasteiger partial charge on any atom is 0.0729 e. The number of nitrogens with one attached hydrogen (secondary N) is 1. The number of methoxy groups -OCH3 is 1. The van der Waals surface area contributed by atoms with E-state index in [1.165, 1.54) is 12.8 Å². The molecule has 0 radical (unpaired) electrons. The summed E-state index contributed by atoms with van der Waals surface area (Å²) in [5, 5.41) is 3.30. The molecule has 1 fully saturated rings. The minimum Gasteiger partial charge on any atom is -0.382 e. The molecule has 5 heteroatoms. The van der Waals surface area contributed by atoms with Crippen LogP contribution in [0.15, 0.2) is 0 Å². The third-order valence-corrected chi connectivity index (χ3v) is 3.19. The molecule has 0 aromatic carbocycles. The normalized spacial score (nSPS) is 23.7. The van der Waals surface area contributed by atoms with E-state index in [0.29, 0.717) is 51.8 Å². The Morgan fingerprint density at radius 3 is 2.28 bits per heavy atom. The summed E-state index contributed by atoms with van der Waals surface area (Å²) in [5.74, 6) is 0. The van der Waals surface area contributed by atoms with Crippen molar-refractivity contribution in [1.29, 1.82) is 0 Å². The molecule has 1 rings (SSSR count). The van der Waals surface area contributed by atoms with E-state index in [1.807, 2.05) is 7.05 Å². The highest BCUT2D eigenvalue weighted by molar-refractivity contribution is 4.82. The number of ether oxygens (including phenoxy) is 4. The van der Waals surface area contributed by atoms with E-state index < -0.39 is 0 Å². The van der Waals surface area contributed by atoms with Gasteiger partial charge in [0.15, 0.2) is 0 Å². The summed E-state index contributed by atoms with van der Waals surface area (Å²) < 4.78 is 21.4. The summed E-state index contributed by atoms with van der Waals surface area (Å²) in [6.07, 6.45) is 3.99. The van der Waals surface area contributed by atoms with Gasteiger partial charge in [-0.25, -0.2) is 0 Å². The number of rotatable bonds is 11. The molecule has 1 aliphatic carbocycles. The van der Waals surface area contributed by atoms with Crippen LogP contribution in [0.2, 0.25) is 0 Å². The minimum absolute atomic E-state index is 0.358. The van der Waals surface area contributed by atoms with Gasteiger partial charge in [-0.3, -0.25) is 0 Å². The molecule has 0 spiro atoms. The maximum atomic E-state index is 5.80. The average molecular weight is 261 g/mol. The second-order valence-electron chi connectivity index (χ2n) is 4.45. The first kappa shape index (κ1) is 15.9. The fourth-order valence-electron chi connectivity index (χ4n) is 2.18. The summed E-state index contributed by atoms with van der Waals surface area (Å²) in [4.78, 5) is 0. The van der Waals surface area contributed by atoms with Crippen LogP contribution in [0.3, 0.4) is 0 Å². The molecule has 2 atom stereocenters. The number of hydrogen-bond donors (Lipinski definition) is 1. The van der Waals surface area contributed by atoms with Crippen LogP contribution in [0.5, 0.6) is 0 Å². The lowest BCUT2D eigenvalue weighted by atomic mass is 10.2. The highest BCUT2D eigenvalue weighted by Gasteiger charge is 2.26. The molecule has 1 aliphatic rings. The van der Waals surface area contributed by atoms with E-state index in [4.69, 9.17) is 18.9 Å². The molecule has 1 N–H and O–H groups in total. The van der Waals surface area contributed by atoms with Gasteiger partial charge in [0, 0.05) is 13.2 Å². The monoisotopic (exact) mass is 261 g/mol. The molecular weight excluding hydrogens is 234 g/mol. The molecule has 0 aliphatic heterocycles. The van der Waals surface area contributed by atoms with Crippen molar-refractivity contribution in [3.05, 3.63) is 0 Å². The quantitative estimate of drug-likeness (QED) is 0.558. The van der Waals surface area contributed by atoms with E-state index in [1.54, 1.807) is 7.11 Å². The van der Waals surface area contributed by atoms with Crippen LogP contribution in [0.4, 0.5) is 0 Å². The SMILES string of the molecule is CNC1CCCC1OCCOCCOCCOC. The zero-order chi connectivity index (χ0) is 13.1. The van der Waals surface area contributed by atoms with Gasteiger partial charge in [0.05, 0.1) is 45.7 Å². The highest BCUT2D eigenvalue weighted by atomic mass is 16.6. The Morgan fingerprint density at radius 2 is 1.61 bits per heavy atom. The highest BCUT2D eigenvalue weighted by Crippen LogP contribution is 2.21. The largest absolute Gasteiger partial charge is 0.382 e. The smallest absolute Gasteiger partial charge is 0.0729 e. The van der Waals surface area contributed by atoms with Crippen molar-refractivity contribution in [2.24, 2.45) is 0 Å². The molecule has 0 aromatic heterocycles. The van der Waals surface area contributed by atoms with E-state index in [0.717, 1.165) is 6.42 Å². The van der Waals surface area contributed by atoms with Gasteiger partial charge in [0.1, 0.15) is 0 Å². The van der Waals surface area contributed by atoms with Crippen molar-refractivity contribution in [2.45, 2.75) is 31.4 Å². The molecule has 0 bridgehead atoms. The van der Waals surface area contributed by atoms with E-state index in [2.05, 4.69) is 5.32 Å². The van der Waals surface area contributed by atoms with Crippen LogP contribution in [0, 0.1) is 0 Å². The zero-order valence-corrected chi connectivity index (χ0v) is 11.7. The molecule has 5 nitrogen and oxygen atoms in total. The van der Waals surface area contributed by atoms with Crippen LogP contribution >= 0.6 is 0 Å². The van der Waals surface area contributed by atoms with Gasteiger partial charge in [-0.1, -0.05) is 0 Å². The molecule has 18 heavy (non-hydrogen) atoms. The molecule has 0 amide bonds. The molecule has 0 saturated heterocycles. The molecule has 108 valence electrons. The van der Waals surface area contributed by atoms with Gasteiger partial charge < -0.3 is 24.3 Å². The Hall–Kier alpha value is -0.200. The molecular formula is C13H27NO4. The fraction of sp³-hybridized carbons (Fsp3) is 1.00. The minimum atomic E-state index is 0.358. The van der Waals surface area contributed by atoms with Gasteiger partial charge in [-0.05, 0) is 26.3 Å². The van der Waals surface area contributed by atoms with Crippen LogP contribution < -0.4 is 5.32 Å². The third kappa shape index (κ3) is 6.66. The second kappa shape index (κ2) is 10.7. The third-order valence-electron chi connectivity index (χ3n) is 3.19. The molecule has 1 saturated carbocycles. The molecule has 2 unspecified atom stereocenters. The van der Waals surface area contributed by atoms with Gasteiger partial charge in [0.2, 0.25) is 0 Å².